The Morgan fingerprint density at radius 2 is 2.07 bits per heavy atom. The smallest absolute Gasteiger partial charge is 0.348 e. The van der Waals surface area contributed by atoms with Crippen molar-refractivity contribution in [3.63, 3.8) is 0 Å². The number of nitrogens with zero attached hydrogens (tertiary/aromatic N) is 3. The first-order valence-corrected chi connectivity index (χ1v) is 10.4. The van der Waals surface area contributed by atoms with Gasteiger partial charge in [-0.3, -0.25) is 4.90 Å². The summed E-state index contributed by atoms with van der Waals surface area (Å²) >= 11 is 13.1. The highest BCUT2D eigenvalue weighted by Gasteiger charge is 2.31. The molecule has 0 saturated carbocycles. The Balaban J connectivity index is 1.61. The summed E-state index contributed by atoms with van der Waals surface area (Å²) in [6, 6.07) is 3.18. The van der Waals surface area contributed by atoms with Gasteiger partial charge in [-0.15, -0.1) is 11.3 Å². The van der Waals surface area contributed by atoms with Gasteiger partial charge < -0.3 is 10.2 Å². The van der Waals surface area contributed by atoms with E-state index in [0.29, 0.717) is 11.7 Å². The van der Waals surface area contributed by atoms with Crippen molar-refractivity contribution in [2.75, 3.05) is 31.5 Å². The quantitative estimate of drug-likeness (QED) is 0.666. The minimum absolute atomic E-state index is 0.167. The van der Waals surface area contributed by atoms with E-state index in [1.165, 1.54) is 6.07 Å². The molecule has 1 aromatic carbocycles. The molecule has 1 aliphatic rings. The summed E-state index contributed by atoms with van der Waals surface area (Å²) in [6.45, 7) is 5.91. The van der Waals surface area contributed by atoms with Crippen LogP contribution in [0.1, 0.15) is 22.7 Å². The van der Waals surface area contributed by atoms with Crippen LogP contribution in [0.15, 0.2) is 23.6 Å². The van der Waals surface area contributed by atoms with Gasteiger partial charge in [0.1, 0.15) is 0 Å². The molecule has 1 aromatic heterocycles. The summed E-state index contributed by atoms with van der Waals surface area (Å²) < 4.78 is 38.8. The highest BCUT2D eigenvalue weighted by molar-refractivity contribution is 7.80. The SMILES string of the molecule is Cc1nc(CN2CCCN(C(=S)Nc3cc(C(F)(F)F)ccc3Cl)CC2)cs1. The van der Waals surface area contributed by atoms with Gasteiger partial charge in [-0.25, -0.2) is 4.98 Å². The zero-order valence-electron chi connectivity index (χ0n) is 15.2. The van der Waals surface area contributed by atoms with E-state index in [1.807, 2.05) is 11.8 Å². The first-order valence-electron chi connectivity index (χ1n) is 8.78. The molecular formula is C18H20ClF3N4S2. The monoisotopic (exact) mass is 448 g/mol. The Bertz CT molecular complexity index is 840. The van der Waals surface area contributed by atoms with Crippen molar-refractivity contribution in [2.45, 2.75) is 26.1 Å². The van der Waals surface area contributed by atoms with Crippen molar-refractivity contribution in [1.29, 1.82) is 0 Å². The largest absolute Gasteiger partial charge is 0.416 e. The second-order valence-corrected chi connectivity index (χ2v) is 8.45. The predicted octanol–water partition coefficient (Wildman–Crippen LogP) is 5.03. The number of benzene rings is 1. The number of thiazole rings is 1. The molecule has 3 rings (SSSR count). The van der Waals surface area contributed by atoms with Crippen molar-refractivity contribution < 1.29 is 13.2 Å². The summed E-state index contributed by atoms with van der Waals surface area (Å²) in [5, 5.41) is 6.59. The van der Waals surface area contributed by atoms with E-state index in [1.54, 1.807) is 11.3 Å². The number of hydrogen-bond acceptors (Lipinski definition) is 4. The number of thiocarbonyl (C=S) groups is 1. The molecule has 1 aliphatic heterocycles. The maximum absolute atomic E-state index is 12.9. The molecule has 28 heavy (non-hydrogen) atoms. The molecule has 10 heteroatoms. The number of aryl methyl sites for hydroxylation is 1. The second kappa shape index (κ2) is 8.94. The fourth-order valence-electron chi connectivity index (χ4n) is 3.03. The number of anilines is 1. The Kier molecular flexibility index (Phi) is 6.80. The van der Waals surface area contributed by atoms with Gasteiger partial charge in [0.05, 0.1) is 27.0 Å². The van der Waals surface area contributed by atoms with Gasteiger partial charge in [0.25, 0.3) is 0 Å². The summed E-state index contributed by atoms with van der Waals surface area (Å²) in [7, 11) is 0. The maximum atomic E-state index is 12.9. The van der Waals surface area contributed by atoms with Crippen molar-refractivity contribution in [3.8, 4) is 0 Å². The average Bonchev–Trinajstić information content (AvgIpc) is 2.88. The van der Waals surface area contributed by atoms with E-state index in [2.05, 4.69) is 20.6 Å². The van der Waals surface area contributed by atoms with Crippen molar-refractivity contribution in [2.24, 2.45) is 0 Å². The zero-order valence-corrected chi connectivity index (χ0v) is 17.6. The summed E-state index contributed by atoms with van der Waals surface area (Å²) in [4.78, 5) is 8.79. The molecule has 2 aromatic rings. The standard InChI is InChI=1S/C18H20ClF3N4S2/c1-12-23-14(11-28-12)10-25-5-2-6-26(8-7-25)17(27)24-16-9-13(18(20,21)22)3-4-15(16)19/h3-4,9,11H,2,5-8,10H2,1H3,(H,24,27). The van der Waals surface area contributed by atoms with Crippen LogP contribution in [0, 0.1) is 6.92 Å². The number of nitrogens with one attached hydrogen (secondary N) is 1. The van der Waals surface area contributed by atoms with Gasteiger partial charge in [0.15, 0.2) is 5.11 Å². The number of rotatable bonds is 3. The Morgan fingerprint density at radius 3 is 2.75 bits per heavy atom. The zero-order chi connectivity index (χ0) is 20.3. The fourth-order valence-corrected chi connectivity index (χ4v) is 4.09. The third kappa shape index (κ3) is 5.56. The molecule has 1 saturated heterocycles. The van der Waals surface area contributed by atoms with Crippen molar-refractivity contribution in [3.05, 3.63) is 44.9 Å². The Labute approximate surface area is 176 Å². The molecule has 0 amide bonds. The lowest BCUT2D eigenvalue weighted by molar-refractivity contribution is -0.137. The summed E-state index contributed by atoms with van der Waals surface area (Å²) in [5.41, 5.74) is 0.468. The van der Waals surface area contributed by atoms with Gasteiger partial charge >= 0.3 is 6.18 Å². The van der Waals surface area contributed by atoms with Gasteiger partial charge in [0.2, 0.25) is 0 Å². The second-order valence-electron chi connectivity index (χ2n) is 6.60. The third-order valence-corrected chi connectivity index (χ3v) is 5.98. The number of aromatic nitrogens is 1. The van der Waals surface area contributed by atoms with E-state index in [4.69, 9.17) is 23.8 Å². The highest BCUT2D eigenvalue weighted by atomic mass is 35.5. The lowest BCUT2D eigenvalue weighted by Crippen LogP contribution is -2.37. The van der Waals surface area contributed by atoms with Crippen LogP contribution in [-0.2, 0) is 12.7 Å². The third-order valence-electron chi connectivity index (χ3n) is 4.46. The Morgan fingerprint density at radius 1 is 1.29 bits per heavy atom. The van der Waals surface area contributed by atoms with E-state index in [9.17, 15) is 13.2 Å². The van der Waals surface area contributed by atoms with Gasteiger partial charge in [-0.1, -0.05) is 11.6 Å². The minimum Gasteiger partial charge on any atom is -0.348 e. The van der Waals surface area contributed by atoms with E-state index < -0.39 is 11.7 Å². The molecule has 152 valence electrons. The van der Waals surface area contributed by atoms with Crippen LogP contribution in [0.5, 0.6) is 0 Å². The lowest BCUT2D eigenvalue weighted by Gasteiger charge is -2.25. The molecule has 2 heterocycles. The molecule has 4 nitrogen and oxygen atoms in total. The maximum Gasteiger partial charge on any atom is 0.416 e. The van der Waals surface area contributed by atoms with Crippen molar-refractivity contribution in [1.82, 2.24) is 14.8 Å². The van der Waals surface area contributed by atoms with E-state index >= 15 is 0 Å². The summed E-state index contributed by atoms with van der Waals surface area (Å²) in [6.07, 6.45) is -3.53. The fraction of sp³-hybridized carbons (Fsp3) is 0.444. The molecular weight excluding hydrogens is 429 g/mol. The summed E-state index contributed by atoms with van der Waals surface area (Å²) in [5.74, 6) is 0. The number of hydrogen-bond donors (Lipinski definition) is 1. The van der Waals surface area contributed by atoms with Gasteiger partial charge in [-0.05, 0) is 43.8 Å². The van der Waals surface area contributed by atoms with E-state index in [0.717, 1.165) is 55.4 Å². The van der Waals surface area contributed by atoms with Gasteiger partial charge in [0, 0.05) is 38.1 Å². The number of halogens is 4. The first-order chi connectivity index (χ1) is 13.2. The van der Waals surface area contributed by atoms with Crippen LogP contribution >= 0.6 is 35.2 Å². The normalized spacial score (nSPS) is 16.1. The molecule has 0 aliphatic carbocycles. The van der Waals surface area contributed by atoms with Crippen LogP contribution in [0.3, 0.4) is 0 Å². The number of alkyl halides is 3. The molecule has 0 unspecified atom stereocenters. The lowest BCUT2D eigenvalue weighted by atomic mass is 10.2. The van der Waals surface area contributed by atoms with Crippen LogP contribution < -0.4 is 5.32 Å². The molecule has 1 N–H and O–H groups in total. The average molecular weight is 449 g/mol. The molecule has 1 fully saturated rings. The van der Waals surface area contributed by atoms with Crippen molar-refractivity contribution >= 4 is 46.0 Å². The van der Waals surface area contributed by atoms with E-state index in [-0.39, 0.29) is 10.7 Å². The van der Waals surface area contributed by atoms with Crippen LogP contribution in [0.4, 0.5) is 18.9 Å². The van der Waals surface area contributed by atoms with Gasteiger partial charge in [-0.2, -0.15) is 13.2 Å². The van der Waals surface area contributed by atoms with Crippen LogP contribution in [-0.4, -0.2) is 46.1 Å². The molecule has 0 radical (unpaired) electrons. The molecule has 0 bridgehead atoms. The molecule has 0 spiro atoms. The molecule has 0 atom stereocenters. The minimum atomic E-state index is -4.43. The predicted molar refractivity (Wildman–Crippen MR) is 111 cm³/mol. The topological polar surface area (TPSA) is 31.4 Å². The highest BCUT2D eigenvalue weighted by Crippen LogP contribution is 2.34. The van der Waals surface area contributed by atoms with Crippen LogP contribution in [0.2, 0.25) is 5.02 Å². The first kappa shape index (κ1) is 21.3. The Hall–Kier alpha value is -1.42. The van der Waals surface area contributed by atoms with Crippen LogP contribution in [0.25, 0.3) is 0 Å².